The van der Waals surface area contributed by atoms with Gasteiger partial charge in [0.2, 0.25) is 0 Å². The molecule has 0 fully saturated rings. The van der Waals surface area contributed by atoms with E-state index < -0.39 is 0 Å². The summed E-state index contributed by atoms with van der Waals surface area (Å²) in [5.74, 6) is 0.763. The molecular formula is C15H22N2S. The first-order valence-electron chi connectivity index (χ1n) is 6.82. The molecule has 0 spiro atoms. The van der Waals surface area contributed by atoms with Crippen molar-refractivity contribution in [2.75, 3.05) is 0 Å². The zero-order chi connectivity index (χ0) is 13.0. The highest BCUT2D eigenvalue weighted by molar-refractivity contribution is 7.18. The molecule has 2 rings (SSSR count). The van der Waals surface area contributed by atoms with Crippen molar-refractivity contribution >= 4 is 21.6 Å². The van der Waals surface area contributed by atoms with Crippen molar-refractivity contribution in [3.8, 4) is 0 Å². The first-order valence-corrected chi connectivity index (χ1v) is 7.64. The third-order valence-corrected chi connectivity index (χ3v) is 4.71. The highest BCUT2D eigenvalue weighted by atomic mass is 32.1. The number of thiazole rings is 1. The van der Waals surface area contributed by atoms with Crippen LogP contribution >= 0.6 is 11.3 Å². The summed E-state index contributed by atoms with van der Waals surface area (Å²) in [6.45, 7) is 7.70. The van der Waals surface area contributed by atoms with Crippen molar-refractivity contribution in [3.63, 3.8) is 0 Å². The van der Waals surface area contributed by atoms with Gasteiger partial charge in [-0.05, 0) is 25.0 Å². The lowest BCUT2D eigenvalue weighted by atomic mass is 9.96. The number of rotatable bonds is 6. The highest BCUT2D eigenvalue weighted by Gasteiger charge is 2.13. The summed E-state index contributed by atoms with van der Waals surface area (Å²) < 4.78 is 1.28. The van der Waals surface area contributed by atoms with Gasteiger partial charge in [-0.25, -0.2) is 4.98 Å². The lowest BCUT2D eigenvalue weighted by Crippen LogP contribution is -2.32. The number of hydrogen-bond acceptors (Lipinski definition) is 3. The fraction of sp³-hybridized carbons (Fsp3) is 0.533. The number of fused-ring (bicyclic) bond motifs is 1. The minimum Gasteiger partial charge on any atom is -0.308 e. The molecule has 1 N–H and O–H groups in total. The van der Waals surface area contributed by atoms with E-state index in [0.29, 0.717) is 6.04 Å². The SMILES string of the molecule is CCC(CC)C(C)NCc1nc2ccccc2s1. The summed E-state index contributed by atoms with van der Waals surface area (Å²) in [5.41, 5.74) is 1.12. The summed E-state index contributed by atoms with van der Waals surface area (Å²) in [6, 6.07) is 8.91. The van der Waals surface area contributed by atoms with Crippen molar-refractivity contribution in [1.82, 2.24) is 10.3 Å². The molecule has 1 aromatic carbocycles. The minimum absolute atomic E-state index is 0.562. The topological polar surface area (TPSA) is 24.9 Å². The number of aromatic nitrogens is 1. The average molecular weight is 262 g/mol. The van der Waals surface area contributed by atoms with Crippen LogP contribution in [0.1, 0.15) is 38.6 Å². The van der Waals surface area contributed by atoms with Gasteiger partial charge in [-0.2, -0.15) is 0 Å². The van der Waals surface area contributed by atoms with Crippen LogP contribution in [-0.2, 0) is 6.54 Å². The molecule has 2 nitrogen and oxygen atoms in total. The Kier molecular flexibility index (Phi) is 4.72. The molecule has 0 saturated carbocycles. The number of para-hydroxylation sites is 1. The summed E-state index contributed by atoms with van der Waals surface area (Å²) in [7, 11) is 0. The fourth-order valence-corrected chi connectivity index (χ4v) is 3.32. The lowest BCUT2D eigenvalue weighted by molar-refractivity contribution is 0.353. The van der Waals surface area contributed by atoms with E-state index in [1.165, 1.54) is 22.5 Å². The van der Waals surface area contributed by atoms with Crippen molar-refractivity contribution in [2.45, 2.75) is 46.2 Å². The normalized spacial score (nSPS) is 13.3. The van der Waals surface area contributed by atoms with Crippen LogP contribution in [0.5, 0.6) is 0 Å². The monoisotopic (exact) mass is 262 g/mol. The van der Waals surface area contributed by atoms with Crippen molar-refractivity contribution in [2.24, 2.45) is 5.92 Å². The molecule has 0 bridgehead atoms. The lowest BCUT2D eigenvalue weighted by Gasteiger charge is -2.21. The Morgan fingerprint density at radius 3 is 2.61 bits per heavy atom. The molecule has 2 aromatic rings. The van der Waals surface area contributed by atoms with Gasteiger partial charge in [0.05, 0.1) is 10.2 Å². The van der Waals surface area contributed by atoms with Crippen LogP contribution < -0.4 is 5.32 Å². The second kappa shape index (κ2) is 6.30. The van der Waals surface area contributed by atoms with E-state index in [-0.39, 0.29) is 0 Å². The maximum atomic E-state index is 4.65. The minimum atomic E-state index is 0.562. The third-order valence-electron chi connectivity index (χ3n) is 3.67. The predicted molar refractivity (Wildman–Crippen MR) is 80.0 cm³/mol. The Bertz CT molecular complexity index is 455. The van der Waals surface area contributed by atoms with E-state index >= 15 is 0 Å². The third kappa shape index (κ3) is 3.09. The number of hydrogen-bond donors (Lipinski definition) is 1. The molecule has 18 heavy (non-hydrogen) atoms. The molecule has 3 heteroatoms. The van der Waals surface area contributed by atoms with Crippen LogP contribution in [0.2, 0.25) is 0 Å². The number of nitrogens with one attached hydrogen (secondary N) is 1. The van der Waals surface area contributed by atoms with Gasteiger partial charge in [0.15, 0.2) is 0 Å². The molecule has 0 radical (unpaired) electrons. The van der Waals surface area contributed by atoms with Crippen molar-refractivity contribution < 1.29 is 0 Å². The molecule has 1 heterocycles. The Labute approximate surface area is 113 Å². The predicted octanol–water partition coefficient (Wildman–Crippen LogP) is 4.21. The summed E-state index contributed by atoms with van der Waals surface area (Å²) in [4.78, 5) is 4.65. The van der Waals surface area contributed by atoms with E-state index in [9.17, 15) is 0 Å². The quantitative estimate of drug-likeness (QED) is 0.843. The Morgan fingerprint density at radius 2 is 1.94 bits per heavy atom. The smallest absolute Gasteiger partial charge is 0.108 e. The maximum absolute atomic E-state index is 4.65. The van der Waals surface area contributed by atoms with Crippen molar-refractivity contribution in [1.29, 1.82) is 0 Å². The maximum Gasteiger partial charge on any atom is 0.108 e. The van der Waals surface area contributed by atoms with Gasteiger partial charge in [0.1, 0.15) is 5.01 Å². The molecule has 0 saturated heterocycles. The van der Waals surface area contributed by atoms with E-state index in [4.69, 9.17) is 0 Å². The molecule has 0 amide bonds. The van der Waals surface area contributed by atoms with Gasteiger partial charge in [-0.1, -0.05) is 38.8 Å². The number of benzene rings is 1. The molecule has 0 aliphatic rings. The Hall–Kier alpha value is -0.930. The van der Waals surface area contributed by atoms with Gasteiger partial charge in [-0.15, -0.1) is 11.3 Å². The largest absolute Gasteiger partial charge is 0.308 e. The van der Waals surface area contributed by atoms with Crippen LogP contribution in [0, 0.1) is 5.92 Å². The molecule has 1 atom stereocenters. The van der Waals surface area contributed by atoms with Gasteiger partial charge < -0.3 is 5.32 Å². The van der Waals surface area contributed by atoms with Crippen molar-refractivity contribution in [3.05, 3.63) is 29.3 Å². The zero-order valence-corrected chi connectivity index (χ0v) is 12.3. The van der Waals surface area contributed by atoms with E-state index in [1.807, 2.05) is 6.07 Å². The molecular weight excluding hydrogens is 240 g/mol. The highest BCUT2D eigenvalue weighted by Crippen LogP contribution is 2.22. The van der Waals surface area contributed by atoms with Crippen LogP contribution in [0.3, 0.4) is 0 Å². The van der Waals surface area contributed by atoms with Gasteiger partial charge in [0, 0.05) is 12.6 Å². The zero-order valence-electron chi connectivity index (χ0n) is 11.4. The second-order valence-electron chi connectivity index (χ2n) is 4.82. The van der Waals surface area contributed by atoms with Crippen LogP contribution in [0.25, 0.3) is 10.2 Å². The van der Waals surface area contributed by atoms with Gasteiger partial charge in [-0.3, -0.25) is 0 Å². The molecule has 98 valence electrons. The van der Waals surface area contributed by atoms with E-state index in [1.54, 1.807) is 11.3 Å². The fourth-order valence-electron chi connectivity index (χ4n) is 2.41. The van der Waals surface area contributed by atoms with Crippen LogP contribution in [0.15, 0.2) is 24.3 Å². The van der Waals surface area contributed by atoms with Crippen LogP contribution in [-0.4, -0.2) is 11.0 Å². The van der Waals surface area contributed by atoms with E-state index in [0.717, 1.165) is 18.0 Å². The standard InChI is InChI=1S/C15H22N2S/c1-4-12(5-2)11(3)16-10-15-17-13-8-6-7-9-14(13)18-15/h6-9,11-12,16H,4-5,10H2,1-3H3. The summed E-state index contributed by atoms with van der Waals surface area (Å²) in [6.07, 6.45) is 2.48. The molecule has 0 aliphatic carbocycles. The Balaban J connectivity index is 1.97. The summed E-state index contributed by atoms with van der Waals surface area (Å²) in [5, 5.41) is 4.80. The first-order chi connectivity index (χ1) is 8.74. The average Bonchev–Trinajstić information content (AvgIpc) is 2.80. The second-order valence-corrected chi connectivity index (χ2v) is 5.94. The first kappa shape index (κ1) is 13.5. The molecule has 1 unspecified atom stereocenters. The van der Waals surface area contributed by atoms with Gasteiger partial charge >= 0.3 is 0 Å². The Morgan fingerprint density at radius 1 is 1.22 bits per heavy atom. The summed E-state index contributed by atoms with van der Waals surface area (Å²) >= 11 is 1.79. The number of nitrogens with zero attached hydrogens (tertiary/aromatic N) is 1. The van der Waals surface area contributed by atoms with E-state index in [2.05, 4.69) is 49.3 Å². The van der Waals surface area contributed by atoms with Crippen LogP contribution in [0.4, 0.5) is 0 Å². The van der Waals surface area contributed by atoms with Gasteiger partial charge in [0.25, 0.3) is 0 Å². The molecule has 0 aliphatic heterocycles. The molecule has 1 aromatic heterocycles.